The van der Waals surface area contributed by atoms with Crippen molar-refractivity contribution in [2.45, 2.75) is 75.9 Å². The lowest BCUT2D eigenvalue weighted by Gasteiger charge is -2.36. The summed E-state index contributed by atoms with van der Waals surface area (Å²) in [6, 6.07) is 12.8. The number of unbranched alkanes of at least 4 members (excludes halogenated alkanes) is 1. The predicted octanol–water partition coefficient (Wildman–Crippen LogP) is 7.56. The van der Waals surface area contributed by atoms with Gasteiger partial charge in [-0.2, -0.15) is 13.2 Å². The molecule has 2 unspecified atom stereocenters. The highest BCUT2D eigenvalue weighted by Gasteiger charge is 2.51. The molecule has 0 aromatic heterocycles. The van der Waals surface area contributed by atoms with Crippen LogP contribution in [-0.2, 0) is 10.2 Å². The molecular weight excluding hydrogens is 598 g/mol. The zero-order valence-electron chi connectivity index (χ0n) is 24.3. The highest BCUT2D eigenvalue weighted by molar-refractivity contribution is 6.43. The molecule has 2 N–H and O–H groups in total. The van der Waals surface area contributed by atoms with E-state index in [1.807, 2.05) is 24.3 Å². The first kappa shape index (κ1) is 31.9. The molecule has 2 aliphatic carbocycles. The Balaban J connectivity index is 1.21. The maximum Gasteiger partial charge on any atom is 0.405 e. The fourth-order valence-corrected chi connectivity index (χ4v) is 7.63. The van der Waals surface area contributed by atoms with Crippen LogP contribution in [0.5, 0.6) is 0 Å². The topological polar surface area (TPSA) is 61.4 Å². The van der Waals surface area contributed by atoms with Crippen LogP contribution in [0.3, 0.4) is 0 Å². The van der Waals surface area contributed by atoms with E-state index in [9.17, 15) is 22.8 Å². The van der Waals surface area contributed by atoms with Gasteiger partial charge < -0.3 is 15.5 Å². The third kappa shape index (κ3) is 6.76. The van der Waals surface area contributed by atoms with Crippen LogP contribution in [0.1, 0.15) is 79.8 Å². The van der Waals surface area contributed by atoms with E-state index in [0.717, 1.165) is 80.4 Å². The van der Waals surface area contributed by atoms with Crippen molar-refractivity contribution in [3.05, 3.63) is 74.8 Å². The molecule has 2 aromatic rings. The maximum absolute atomic E-state index is 13.8. The molecule has 1 aliphatic heterocycles. The molecule has 1 fully saturated rings. The Morgan fingerprint density at radius 1 is 1.02 bits per heavy atom. The lowest BCUT2D eigenvalue weighted by molar-refractivity contribution is -0.141. The molecule has 1 saturated heterocycles. The van der Waals surface area contributed by atoms with E-state index in [2.05, 4.69) is 22.5 Å². The van der Waals surface area contributed by atoms with Crippen LogP contribution in [-0.4, -0.2) is 55.1 Å². The van der Waals surface area contributed by atoms with Gasteiger partial charge in [-0.1, -0.05) is 66.9 Å². The number of rotatable bonds is 9. The highest BCUT2D eigenvalue weighted by Crippen LogP contribution is 2.56. The largest absolute Gasteiger partial charge is 0.405 e. The Kier molecular flexibility index (Phi) is 9.79. The van der Waals surface area contributed by atoms with Crippen LogP contribution in [0.15, 0.2) is 48.0 Å². The van der Waals surface area contributed by atoms with E-state index >= 15 is 0 Å². The van der Waals surface area contributed by atoms with Gasteiger partial charge in [0.25, 0.3) is 5.91 Å². The van der Waals surface area contributed by atoms with E-state index < -0.39 is 24.0 Å². The zero-order chi connectivity index (χ0) is 30.8. The Hall–Kier alpha value is -2.55. The molecule has 10 heteroatoms. The van der Waals surface area contributed by atoms with Gasteiger partial charge in [0.05, 0.1) is 21.0 Å². The summed E-state index contributed by atoms with van der Waals surface area (Å²) in [7, 11) is 0. The van der Waals surface area contributed by atoms with Gasteiger partial charge in [0.15, 0.2) is 0 Å². The van der Waals surface area contributed by atoms with Crippen LogP contribution in [0.25, 0.3) is 5.57 Å². The van der Waals surface area contributed by atoms with Crippen molar-refractivity contribution in [2.24, 2.45) is 5.92 Å². The third-order valence-corrected chi connectivity index (χ3v) is 10.1. The van der Waals surface area contributed by atoms with Crippen molar-refractivity contribution < 1.29 is 22.8 Å². The van der Waals surface area contributed by atoms with E-state index in [1.165, 1.54) is 0 Å². The molecule has 43 heavy (non-hydrogen) atoms. The van der Waals surface area contributed by atoms with Crippen molar-refractivity contribution >= 4 is 40.6 Å². The molecule has 0 saturated carbocycles. The first-order chi connectivity index (χ1) is 20.5. The molecule has 5 rings (SSSR count). The standard InChI is InChI=1S/C33H38Cl2F3N3O2/c1-21-8-6-12-26-28(21)23-9-2-3-11-25(23)32(26,31(43)39-20-33(36,37)38)16-4-5-17-41-18-14-22(15-19-41)40-30(42)24-10-7-13-27(34)29(24)35/h2-3,7,9-11,13,21-22H,4-6,8,12,14-20H2,1H3,(H,39,43)(H,40,42). The number of likely N-dealkylation sites (tertiary alicyclic amines) is 1. The minimum absolute atomic E-state index is 0.0352. The monoisotopic (exact) mass is 635 g/mol. The van der Waals surface area contributed by atoms with Crippen LogP contribution in [0, 0.1) is 5.92 Å². The number of carbonyl (C=O) groups is 2. The first-order valence-corrected chi connectivity index (χ1v) is 15.9. The van der Waals surface area contributed by atoms with Gasteiger partial charge in [0, 0.05) is 19.1 Å². The normalized spacial score (nSPS) is 22.7. The maximum atomic E-state index is 13.8. The van der Waals surface area contributed by atoms with Crippen LogP contribution >= 0.6 is 23.2 Å². The van der Waals surface area contributed by atoms with Gasteiger partial charge in [-0.15, -0.1) is 0 Å². The number of benzene rings is 2. The molecule has 5 nitrogen and oxygen atoms in total. The summed E-state index contributed by atoms with van der Waals surface area (Å²) in [6.07, 6.45) is 1.81. The minimum Gasteiger partial charge on any atom is -0.349 e. The molecular formula is C33H38Cl2F3N3O2. The summed E-state index contributed by atoms with van der Waals surface area (Å²) in [5.74, 6) is -0.505. The molecule has 2 aromatic carbocycles. The van der Waals surface area contributed by atoms with Gasteiger partial charge in [0.1, 0.15) is 6.54 Å². The average molecular weight is 637 g/mol. The number of piperidine rings is 1. The zero-order valence-corrected chi connectivity index (χ0v) is 25.8. The number of halogens is 5. The average Bonchev–Trinajstić information content (AvgIpc) is 3.27. The minimum atomic E-state index is -4.47. The number of nitrogens with zero attached hydrogens (tertiary/aromatic N) is 1. The van der Waals surface area contributed by atoms with Gasteiger partial charge in [-0.25, -0.2) is 0 Å². The molecule has 2 atom stereocenters. The van der Waals surface area contributed by atoms with Crippen molar-refractivity contribution in [2.75, 3.05) is 26.2 Å². The van der Waals surface area contributed by atoms with Crippen LogP contribution < -0.4 is 10.6 Å². The van der Waals surface area contributed by atoms with Crippen molar-refractivity contribution in [1.82, 2.24) is 15.5 Å². The molecule has 232 valence electrons. The van der Waals surface area contributed by atoms with Gasteiger partial charge in [-0.3, -0.25) is 9.59 Å². The Morgan fingerprint density at radius 2 is 1.77 bits per heavy atom. The number of fused-ring (bicyclic) bond motifs is 2. The van der Waals surface area contributed by atoms with E-state index in [4.69, 9.17) is 23.2 Å². The summed E-state index contributed by atoms with van der Waals surface area (Å²) >= 11 is 12.3. The summed E-state index contributed by atoms with van der Waals surface area (Å²) in [5.41, 5.74) is 3.35. The molecule has 0 bridgehead atoms. The second kappa shape index (κ2) is 13.2. The van der Waals surface area contributed by atoms with Crippen molar-refractivity contribution in [1.29, 1.82) is 0 Å². The van der Waals surface area contributed by atoms with Crippen LogP contribution in [0.2, 0.25) is 10.0 Å². The van der Waals surface area contributed by atoms with Crippen molar-refractivity contribution in [3.8, 4) is 0 Å². The molecule has 0 radical (unpaired) electrons. The Bertz CT molecular complexity index is 1390. The molecule has 0 spiro atoms. The van der Waals surface area contributed by atoms with E-state index in [0.29, 0.717) is 23.4 Å². The number of amides is 2. The van der Waals surface area contributed by atoms with E-state index in [1.54, 1.807) is 18.2 Å². The van der Waals surface area contributed by atoms with Gasteiger partial charge in [0.2, 0.25) is 5.91 Å². The second-order valence-electron chi connectivity index (χ2n) is 12.1. The number of hydrogen-bond acceptors (Lipinski definition) is 3. The summed E-state index contributed by atoms with van der Waals surface area (Å²) in [5, 5.41) is 5.93. The molecule has 2 amide bonds. The third-order valence-electron chi connectivity index (χ3n) is 9.31. The van der Waals surface area contributed by atoms with Crippen molar-refractivity contribution in [3.63, 3.8) is 0 Å². The quantitative estimate of drug-likeness (QED) is 0.280. The smallest absolute Gasteiger partial charge is 0.349 e. The number of allylic oxidation sites excluding steroid dienone is 1. The fraction of sp³-hybridized carbons (Fsp3) is 0.515. The number of carbonyl (C=O) groups excluding carboxylic acids is 2. The van der Waals surface area contributed by atoms with E-state index in [-0.39, 0.29) is 22.9 Å². The lowest BCUT2D eigenvalue weighted by Crippen LogP contribution is -2.48. The highest BCUT2D eigenvalue weighted by atomic mass is 35.5. The van der Waals surface area contributed by atoms with Gasteiger partial charge in [-0.05, 0) is 91.8 Å². The number of alkyl halides is 3. The summed E-state index contributed by atoms with van der Waals surface area (Å²) in [6.45, 7) is 3.29. The SMILES string of the molecule is CC1CCCC2=C1c1ccccc1C2(CCCCN1CCC(NC(=O)c2cccc(Cl)c2Cl)CC1)C(=O)NCC(F)(F)F. The Labute approximate surface area is 261 Å². The molecule has 1 heterocycles. The number of nitrogens with one attached hydrogen (secondary N) is 2. The predicted molar refractivity (Wildman–Crippen MR) is 164 cm³/mol. The van der Waals surface area contributed by atoms with Crippen LogP contribution in [0.4, 0.5) is 13.2 Å². The summed E-state index contributed by atoms with van der Waals surface area (Å²) < 4.78 is 39.5. The summed E-state index contributed by atoms with van der Waals surface area (Å²) in [4.78, 5) is 28.9. The lowest BCUT2D eigenvalue weighted by atomic mass is 9.69. The first-order valence-electron chi connectivity index (χ1n) is 15.2. The Morgan fingerprint density at radius 3 is 2.51 bits per heavy atom. The second-order valence-corrected chi connectivity index (χ2v) is 12.9. The molecule has 3 aliphatic rings. The fourth-order valence-electron chi connectivity index (χ4n) is 7.24. The van der Waals surface area contributed by atoms with Gasteiger partial charge >= 0.3 is 6.18 Å². The number of hydrogen-bond donors (Lipinski definition) is 2.